The minimum atomic E-state index is -1.82. The SMILES string of the molecule is CC[C@H](C)[C@@H]1NC(=O)[C@H](Cc2ccc(O)cc2)NC(=O)CNC(=O)CC[C@@H](C(=O)N2CCCC[C@H]2C(=O)N[C@@H](CC(C)C)C(=O)NCC(N)=O)NC(=O)[C@H](CC(N)=O)NC(=O)[C@H](CCC(N)=O)NC1=O. The molecule has 1 aromatic carbocycles. The second-order valence-electron chi connectivity index (χ2n) is 18.0. The standard InChI is InChI=1S/C45H68N12O13/c1-5-24(4)38-44(69)52-27(13-15-33(46)59)40(65)54-31(20-34(47)60)41(66)53-28(14-16-36(62)49-22-37(63)51-30(42(67)56-38)19-25-9-11-26(58)12-10-25)45(70)57-17-7-6-8-32(57)43(68)55-29(18-23(2)3)39(64)50-21-35(48)61/h9-12,23-24,27-32,38,58H,5-8,13-22H2,1-4H3,(H2,46,59)(H2,47,60)(H2,48,61)(H,49,62)(H,50,64)(H,51,63)(H,52,69)(H,53,66)(H,54,65)(H,55,68)(H,56,67)/t24-,27-,28-,29-,30-,31-,32-,38-/m0/s1. The Kier molecular flexibility index (Phi) is 22.5. The third-order valence-electron chi connectivity index (χ3n) is 11.8. The van der Waals surface area contributed by atoms with Crippen LogP contribution in [0, 0.1) is 11.8 Å². The summed E-state index contributed by atoms with van der Waals surface area (Å²) in [5.74, 6) is -11.5. The number of piperidine rings is 1. The Hall–Kier alpha value is -7.34. The lowest BCUT2D eigenvalue weighted by Gasteiger charge is -2.38. The second-order valence-corrected chi connectivity index (χ2v) is 18.0. The van der Waals surface area contributed by atoms with Gasteiger partial charge in [0.15, 0.2) is 0 Å². The van der Waals surface area contributed by atoms with E-state index in [-0.39, 0.29) is 37.5 Å². The van der Waals surface area contributed by atoms with E-state index in [4.69, 9.17) is 17.2 Å². The van der Waals surface area contributed by atoms with Gasteiger partial charge in [-0.25, -0.2) is 0 Å². The number of nitrogens with one attached hydrogen (secondary N) is 8. The van der Waals surface area contributed by atoms with Crippen LogP contribution in [0.3, 0.4) is 0 Å². The summed E-state index contributed by atoms with van der Waals surface area (Å²) in [5, 5.41) is 29.8. The molecular formula is C45H68N12O13. The number of nitrogens with zero attached hydrogens (tertiary/aromatic N) is 1. The van der Waals surface area contributed by atoms with E-state index in [0.29, 0.717) is 24.8 Å². The molecule has 386 valence electrons. The third-order valence-corrected chi connectivity index (χ3v) is 11.8. The van der Waals surface area contributed by atoms with Crippen molar-refractivity contribution in [2.45, 2.75) is 141 Å². The molecule has 25 nitrogen and oxygen atoms in total. The molecule has 8 atom stereocenters. The highest BCUT2D eigenvalue weighted by atomic mass is 16.3. The first-order chi connectivity index (χ1) is 33.0. The van der Waals surface area contributed by atoms with Gasteiger partial charge in [0, 0.05) is 25.8 Å². The van der Waals surface area contributed by atoms with E-state index in [1.54, 1.807) is 27.7 Å². The predicted octanol–water partition coefficient (Wildman–Crippen LogP) is -4.03. The second kappa shape index (κ2) is 27.6. The molecule has 0 spiro atoms. The van der Waals surface area contributed by atoms with E-state index in [1.807, 2.05) is 0 Å². The number of rotatable bonds is 17. The number of hydrogen-bond donors (Lipinski definition) is 12. The van der Waals surface area contributed by atoms with E-state index < -0.39 is 164 Å². The number of hydrogen-bond acceptors (Lipinski definition) is 13. The Balaban J connectivity index is 2.08. The molecule has 2 aliphatic rings. The molecule has 0 unspecified atom stereocenters. The van der Waals surface area contributed by atoms with Gasteiger partial charge in [-0.3, -0.25) is 57.5 Å². The van der Waals surface area contributed by atoms with Crippen LogP contribution < -0.4 is 59.7 Å². The molecule has 2 saturated heterocycles. The number of primary amides is 3. The summed E-state index contributed by atoms with van der Waals surface area (Å²) in [7, 11) is 0. The van der Waals surface area contributed by atoms with Crippen LogP contribution in [0.2, 0.25) is 0 Å². The summed E-state index contributed by atoms with van der Waals surface area (Å²) in [6, 6.07) is -4.38. The first-order valence-electron chi connectivity index (χ1n) is 23.3. The lowest BCUT2D eigenvalue weighted by molar-refractivity contribution is -0.146. The first-order valence-corrected chi connectivity index (χ1v) is 23.3. The van der Waals surface area contributed by atoms with Crippen molar-refractivity contribution >= 4 is 70.9 Å². The van der Waals surface area contributed by atoms with Crippen LogP contribution in [0.25, 0.3) is 0 Å². The van der Waals surface area contributed by atoms with Gasteiger partial charge in [0.2, 0.25) is 70.9 Å². The number of benzene rings is 1. The summed E-state index contributed by atoms with van der Waals surface area (Å²) in [4.78, 5) is 161. The zero-order valence-corrected chi connectivity index (χ0v) is 39.9. The van der Waals surface area contributed by atoms with E-state index in [2.05, 4.69) is 42.5 Å². The topological polar surface area (TPSA) is 403 Å². The van der Waals surface area contributed by atoms with Crippen molar-refractivity contribution in [3.05, 3.63) is 29.8 Å². The zero-order valence-electron chi connectivity index (χ0n) is 39.9. The largest absolute Gasteiger partial charge is 0.508 e. The summed E-state index contributed by atoms with van der Waals surface area (Å²) in [5.41, 5.74) is 16.6. The fourth-order valence-corrected chi connectivity index (χ4v) is 7.79. The summed E-state index contributed by atoms with van der Waals surface area (Å²) in [6.07, 6.45) is -1.39. The quantitative estimate of drug-likeness (QED) is 0.0709. The lowest BCUT2D eigenvalue weighted by Crippen LogP contribution is -2.62. The number of phenolic OH excluding ortho intramolecular Hbond substituents is 1. The van der Waals surface area contributed by atoms with Crippen molar-refractivity contribution in [3.63, 3.8) is 0 Å². The molecular weight excluding hydrogens is 917 g/mol. The van der Waals surface area contributed by atoms with Crippen LogP contribution in [0.15, 0.2) is 24.3 Å². The first kappa shape index (κ1) is 57.0. The van der Waals surface area contributed by atoms with Gasteiger partial charge in [0.05, 0.1) is 19.5 Å². The number of phenols is 1. The van der Waals surface area contributed by atoms with Gasteiger partial charge in [0.25, 0.3) is 0 Å². The Morgan fingerprint density at radius 3 is 2.01 bits per heavy atom. The van der Waals surface area contributed by atoms with E-state index in [9.17, 15) is 62.6 Å². The minimum Gasteiger partial charge on any atom is -0.508 e. The molecule has 2 aliphatic heterocycles. The molecule has 0 radical (unpaired) electrons. The molecule has 1 aromatic rings. The molecule has 0 saturated carbocycles. The van der Waals surface area contributed by atoms with Gasteiger partial charge in [-0.05, 0) is 68.1 Å². The molecule has 0 aliphatic carbocycles. The van der Waals surface area contributed by atoms with Crippen LogP contribution >= 0.6 is 0 Å². The van der Waals surface area contributed by atoms with Gasteiger partial charge in [-0.2, -0.15) is 0 Å². The maximum Gasteiger partial charge on any atom is 0.245 e. The van der Waals surface area contributed by atoms with E-state index >= 15 is 0 Å². The lowest BCUT2D eigenvalue weighted by atomic mass is 9.96. The number of nitrogens with two attached hydrogens (primary N) is 3. The summed E-state index contributed by atoms with van der Waals surface area (Å²) >= 11 is 0. The number of carbonyl (C=O) groups is 12. The van der Waals surface area contributed by atoms with Crippen molar-refractivity contribution < 1.29 is 62.6 Å². The predicted molar refractivity (Wildman–Crippen MR) is 248 cm³/mol. The van der Waals surface area contributed by atoms with Crippen molar-refractivity contribution in [3.8, 4) is 5.75 Å². The maximum atomic E-state index is 14.6. The molecule has 3 rings (SSSR count). The van der Waals surface area contributed by atoms with Crippen molar-refractivity contribution in [2.75, 3.05) is 19.6 Å². The van der Waals surface area contributed by atoms with Crippen LogP contribution in [0.5, 0.6) is 5.75 Å². The highest BCUT2D eigenvalue weighted by Gasteiger charge is 2.40. The normalized spacial score (nSPS) is 23.1. The van der Waals surface area contributed by atoms with Gasteiger partial charge in [-0.1, -0.05) is 46.2 Å². The van der Waals surface area contributed by atoms with Gasteiger partial charge < -0.3 is 69.7 Å². The summed E-state index contributed by atoms with van der Waals surface area (Å²) < 4.78 is 0. The molecule has 2 fully saturated rings. The molecule has 15 N–H and O–H groups in total. The average Bonchev–Trinajstić information content (AvgIpc) is 3.30. The molecule has 0 aromatic heterocycles. The van der Waals surface area contributed by atoms with E-state index in [0.717, 1.165) is 0 Å². The number of likely N-dealkylation sites (tertiary alicyclic amines) is 1. The Morgan fingerprint density at radius 1 is 0.757 bits per heavy atom. The molecule has 70 heavy (non-hydrogen) atoms. The summed E-state index contributed by atoms with van der Waals surface area (Å²) in [6.45, 7) is 5.77. The average molecular weight is 985 g/mol. The number of carbonyl (C=O) groups excluding carboxylic acids is 12. The zero-order chi connectivity index (χ0) is 52.2. The number of amides is 12. The number of aromatic hydroxyl groups is 1. The Morgan fingerprint density at radius 2 is 1.40 bits per heavy atom. The van der Waals surface area contributed by atoms with Crippen molar-refractivity contribution in [1.29, 1.82) is 0 Å². The molecule has 25 heteroatoms. The fraction of sp³-hybridized carbons (Fsp3) is 0.600. The van der Waals surface area contributed by atoms with Crippen LogP contribution in [0.1, 0.15) is 97.5 Å². The van der Waals surface area contributed by atoms with Gasteiger partial charge in [-0.15, -0.1) is 0 Å². The smallest absolute Gasteiger partial charge is 0.245 e. The Labute approximate surface area is 405 Å². The van der Waals surface area contributed by atoms with Crippen molar-refractivity contribution in [1.82, 2.24) is 47.4 Å². The minimum absolute atomic E-state index is 0.0163. The van der Waals surface area contributed by atoms with Crippen LogP contribution in [-0.4, -0.2) is 143 Å². The molecule has 0 bridgehead atoms. The molecule has 12 amide bonds. The van der Waals surface area contributed by atoms with Crippen LogP contribution in [0.4, 0.5) is 0 Å². The van der Waals surface area contributed by atoms with Crippen LogP contribution in [-0.2, 0) is 64.0 Å². The third kappa shape index (κ3) is 18.6. The highest BCUT2D eigenvalue weighted by Crippen LogP contribution is 2.21. The molecule has 2 heterocycles. The monoisotopic (exact) mass is 985 g/mol. The Bertz CT molecular complexity index is 2100. The van der Waals surface area contributed by atoms with Gasteiger partial charge >= 0.3 is 0 Å². The fourth-order valence-electron chi connectivity index (χ4n) is 7.79. The van der Waals surface area contributed by atoms with Gasteiger partial charge in [0.1, 0.15) is 48.0 Å². The maximum absolute atomic E-state index is 14.6. The van der Waals surface area contributed by atoms with E-state index in [1.165, 1.54) is 29.2 Å². The highest BCUT2D eigenvalue weighted by molar-refractivity contribution is 5.99. The van der Waals surface area contributed by atoms with Crippen molar-refractivity contribution in [2.24, 2.45) is 29.0 Å².